The molecule has 0 aliphatic carbocycles. The largest absolute Gasteiger partial charge is 0.419 e. The molecule has 0 N–H and O–H groups in total. The topological polar surface area (TPSA) is 52.2 Å². The van der Waals surface area contributed by atoms with E-state index in [1.165, 1.54) is 4.57 Å². The van der Waals surface area contributed by atoms with Crippen molar-refractivity contribution in [2.45, 2.75) is 6.42 Å². The minimum atomic E-state index is -0.433. The Balaban J connectivity index is 2.55. The van der Waals surface area contributed by atoms with E-state index in [4.69, 9.17) is 16.0 Å². The maximum Gasteiger partial charge on any atom is 0.419 e. The summed E-state index contributed by atoms with van der Waals surface area (Å²) in [6.45, 7) is 0. The van der Waals surface area contributed by atoms with Crippen molar-refractivity contribution >= 4 is 28.5 Å². The van der Waals surface area contributed by atoms with Gasteiger partial charge in [0.2, 0.25) is 0 Å². The molecule has 2 aromatic rings. The minimum absolute atomic E-state index is 0.0365. The lowest BCUT2D eigenvalue weighted by molar-refractivity contribution is 0.0989. The Morgan fingerprint density at radius 3 is 2.94 bits per heavy atom. The van der Waals surface area contributed by atoms with E-state index in [9.17, 15) is 9.59 Å². The number of hydrogen-bond acceptors (Lipinski definition) is 3. The molecule has 4 nitrogen and oxygen atoms in total. The number of aryl methyl sites for hydroxylation is 1. The van der Waals surface area contributed by atoms with Gasteiger partial charge in [0.05, 0.1) is 5.52 Å². The molecule has 0 radical (unpaired) electrons. The Morgan fingerprint density at radius 2 is 2.25 bits per heavy atom. The predicted molar refractivity (Wildman–Crippen MR) is 61.1 cm³/mol. The first-order valence-electron chi connectivity index (χ1n) is 4.82. The van der Waals surface area contributed by atoms with Crippen LogP contribution in [-0.2, 0) is 7.05 Å². The molecule has 16 heavy (non-hydrogen) atoms. The van der Waals surface area contributed by atoms with Gasteiger partial charge in [-0.15, -0.1) is 11.6 Å². The van der Waals surface area contributed by atoms with Crippen LogP contribution in [0.25, 0.3) is 11.1 Å². The summed E-state index contributed by atoms with van der Waals surface area (Å²) in [5.74, 6) is -0.177. The van der Waals surface area contributed by atoms with Crippen molar-refractivity contribution in [2.75, 3.05) is 5.88 Å². The molecule has 1 aromatic carbocycles. The van der Waals surface area contributed by atoms with Crippen LogP contribution in [0.3, 0.4) is 0 Å². The average molecular weight is 240 g/mol. The number of fused-ring (bicyclic) bond motifs is 1. The second-order valence-corrected chi connectivity index (χ2v) is 3.85. The van der Waals surface area contributed by atoms with Crippen LogP contribution < -0.4 is 5.76 Å². The molecule has 2 rings (SSSR count). The molecule has 0 fully saturated rings. The standard InChI is InChI=1S/C11H10ClNO3/c1-13-8-6-7(9(14)4-5-12)2-3-10(8)16-11(13)15/h2-3,6H,4-5H2,1H3. The molecule has 0 amide bonds. The van der Waals surface area contributed by atoms with Crippen LogP contribution in [0, 0.1) is 0 Å². The van der Waals surface area contributed by atoms with Crippen LogP contribution in [-0.4, -0.2) is 16.2 Å². The third-order valence-electron chi connectivity index (χ3n) is 2.43. The summed E-state index contributed by atoms with van der Waals surface area (Å²) in [7, 11) is 1.60. The first-order valence-corrected chi connectivity index (χ1v) is 5.35. The number of carbonyl (C=O) groups is 1. The number of rotatable bonds is 3. The quantitative estimate of drug-likeness (QED) is 0.608. The van der Waals surface area contributed by atoms with E-state index in [0.29, 0.717) is 29.0 Å². The second-order valence-electron chi connectivity index (χ2n) is 3.47. The van der Waals surface area contributed by atoms with Crippen LogP contribution in [0.1, 0.15) is 16.8 Å². The second kappa shape index (κ2) is 4.14. The highest BCUT2D eigenvalue weighted by Gasteiger charge is 2.10. The monoisotopic (exact) mass is 239 g/mol. The number of nitrogens with zero attached hydrogens (tertiary/aromatic N) is 1. The number of oxazole rings is 1. The molecule has 0 spiro atoms. The summed E-state index contributed by atoms with van der Waals surface area (Å²) in [6, 6.07) is 4.91. The zero-order valence-electron chi connectivity index (χ0n) is 8.70. The zero-order chi connectivity index (χ0) is 11.7. The van der Waals surface area contributed by atoms with Gasteiger partial charge in [0, 0.05) is 24.9 Å². The van der Waals surface area contributed by atoms with E-state index in [1.54, 1.807) is 25.2 Å². The zero-order valence-corrected chi connectivity index (χ0v) is 9.45. The van der Waals surface area contributed by atoms with Crippen molar-refractivity contribution in [1.82, 2.24) is 4.57 Å². The Hall–Kier alpha value is -1.55. The smallest absolute Gasteiger partial charge is 0.408 e. The highest BCUT2D eigenvalue weighted by molar-refractivity contribution is 6.19. The minimum Gasteiger partial charge on any atom is -0.408 e. The number of Topliss-reactive ketones (excluding diaryl/α,β-unsaturated/α-hetero) is 1. The number of carbonyl (C=O) groups excluding carboxylic acids is 1. The molecule has 0 aliphatic rings. The van der Waals surface area contributed by atoms with Crippen LogP contribution in [0.4, 0.5) is 0 Å². The van der Waals surface area contributed by atoms with Crippen molar-refractivity contribution in [3.8, 4) is 0 Å². The van der Waals surface area contributed by atoms with Crippen molar-refractivity contribution in [3.05, 3.63) is 34.3 Å². The highest BCUT2D eigenvalue weighted by atomic mass is 35.5. The normalized spacial score (nSPS) is 10.9. The van der Waals surface area contributed by atoms with Gasteiger partial charge in [-0.2, -0.15) is 0 Å². The van der Waals surface area contributed by atoms with Gasteiger partial charge in [0.15, 0.2) is 11.4 Å². The average Bonchev–Trinajstić information content (AvgIpc) is 2.55. The summed E-state index contributed by atoms with van der Waals surface area (Å²) >= 11 is 5.51. The third kappa shape index (κ3) is 1.76. The van der Waals surface area contributed by atoms with Crippen LogP contribution in [0.2, 0.25) is 0 Å². The van der Waals surface area contributed by atoms with Gasteiger partial charge in [-0.3, -0.25) is 9.36 Å². The number of halogens is 1. The Kier molecular flexibility index (Phi) is 2.83. The molecule has 84 valence electrons. The molecule has 1 heterocycles. The summed E-state index contributed by atoms with van der Waals surface area (Å²) in [5, 5.41) is 0. The van der Waals surface area contributed by atoms with E-state index in [2.05, 4.69) is 0 Å². The van der Waals surface area contributed by atoms with E-state index < -0.39 is 5.76 Å². The summed E-state index contributed by atoms with van der Waals surface area (Å²) < 4.78 is 6.33. The maximum atomic E-state index is 11.6. The molecular weight excluding hydrogens is 230 g/mol. The van der Waals surface area contributed by atoms with Gasteiger partial charge < -0.3 is 4.42 Å². The first-order chi connectivity index (χ1) is 7.63. The van der Waals surface area contributed by atoms with Crippen molar-refractivity contribution in [2.24, 2.45) is 7.05 Å². The van der Waals surface area contributed by atoms with Gasteiger partial charge in [-0.1, -0.05) is 0 Å². The molecular formula is C11H10ClNO3. The fourth-order valence-electron chi connectivity index (χ4n) is 1.53. The molecule has 0 atom stereocenters. The Labute approximate surface area is 96.4 Å². The fraction of sp³-hybridized carbons (Fsp3) is 0.273. The van der Waals surface area contributed by atoms with Gasteiger partial charge >= 0.3 is 5.76 Å². The van der Waals surface area contributed by atoms with E-state index in [1.807, 2.05) is 0 Å². The van der Waals surface area contributed by atoms with Gasteiger partial charge in [-0.05, 0) is 18.2 Å². The van der Waals surface area contributed by atoms with Crippen LogP contribution in [0.5, 0.6) is 0 Å². The number of benzene rings is 1. The molecule has 0 bridgehead atoms. The van der Waals surface area contributed by atoms with Crippen molar-refractivity contribution in [3.63, 3.8) is 0 Å². The number of aromatic nitrogens is 1. The van der Waals surface area contributed by atoms with Crippen LogP contribution in [0.15, 0.2) is 27.4 Å². The van der Waals surface area contributed by atoms with Gasteiger partial charge in [-0.25, -0.2) is 4.79 Å². The van der Waals surface area contributed by atoms with Gasteiger partial charge in [0.1, 0.15) is 0 Å². The van der Waals surface area contributed by atoms with Gasteiger partial charge in [0.25, 0.3) is 0 Å². The molecule has 0 saturated heterocycles. The van der Waals surface area contributed by atoms with Crippen molar-refractivity contribution in [1.29, 1.82) is 0 Å². The lowest BCUT2D eigenvalue weighted by Gasteiger charge is -1.98. The Bertz CT molecular complexity index is 597. The SMILES string of the molecule is Cn1c(=O)oc2ccc(C(=O)CCCl)cc21. The molecule has 0 saturated carbocycles. The summed E-state index contributed by atoms with van der Waals surface area (Å²) in [4.78, 5) is 22.8. The summed E-state index contributed by atoms with van der Waals surface area (Å²) in [5.41, 5.74) is 1.64. The predicted octanol–water partition coefficient (Wildman–Crippen LogP) is 1.94. The molecule has 0 aliphatic heterocycles. The Morgan fingerprint density at radius 1 is 1.50 bits per heavy atom. The van der Waals surface area contributed by atoms with E-state index in [0.717, 1.165) is 0 Å². The fourth-order valence-corrected chi connectivity index (χ4v) is 1.70. The maximum absolute atomic E-state index is 11.6. The van der Waals surface area contributed by atoms with E-state index >= 15 is 0 Å². The number of hydrogen-bond donors (Lipinski definition) is 0. The summed E-state index contributed by atoms with van der Waals surface area (Å²) in [6.07, 6.45) is 0.291. The van der Waals surface area contributed by atoms with Crippen molar-refractivity contribution < 1.29 is 9.21 Å². The highest BCUT2D eigenvalue weighted by Crippen LogP contribution is 2.15. The number of ketones is 1. The molecule has 0 unspecified atom stereocenters. The lowest BCUT2D eigenvalue weighted by atomic mass is 10.1. The number of alkyl halides is 1. The molecule has 1 aromatic heterocycles. The third-order valence-corrected chi connectivity index (χ3v) is 2.62. The first kappa shape index (κ1) is 11.0. The van der Waals surface area contributed by atoms with E-state index in [-0.39, 0.29) is 5.78 Å². The van der Waals surface area contributed by atoms with Crippen LogP contribution >= 0.6 is 11.6 Å². The lowest BCUT2D eigenvalue weighted by Crippen LogP contribution is -2.08. The molecule has 5 heteroatoms.